The van der Waals surface area contributed by atoms with Crippen molar-refractivity contribution in [2.24, 2.45) is 5.92 Å². The Bertz CT molecular complexity index is 1620. The number of aryl methyl sites for hydroxylation is 1. The summed E-state index contributed by atoms with van der Waals surface area (Å²) < 4.78 is 49.0. The third kappa shape index (κ3) is 3.95. The van der Waals surface area contributed by atoms with Crippen molar-refractivity contribution in [3.05, 3.63) is 59.5 Å². The zero-order chi connectivity index (χ0) is 25.2. The molecular weight excluding hydrogens is 493 g/mol. The summed E-state index contributed by atoms with van der Waals surface area (Å²) in [4.78, 5) is 16.2. The first-order chi connectivity index (χ1) is 17.2. The molecule has 6 rings (SSSR count). The predicted octanol–water partition coefficient (Wildman–Crippen LogP) is 6.87. The number of ether oxygens (including phenoxy) is 1. The third-order valence-corrected chi connectivity index (χ3v) is 6.86. The minimum Gasteiger partial charge on any atom is -0.454 e. The number of alkyl halides is 2. The van der Waals surface area contributed by atoms with Crippen LogP contribution in [0.1, 0.15) is 31.6 Å². The molecule has 0 radical (unpaired) electrons. The first-order valence-electron chi connectivity index (χ1n) is 11.4. The van der Waals surface area contributed by atoms with Crippen LogP contribution in [0, 0.1) is 18.7 Å². The van der Waals surface area contributed by atoms with Crippen LogP contribution in [0.25, 0.3) is 33.3 Å². The van der Waals surface area contributed by atoms with Gasteiger partial charge in [0.15, 0.2) is 16.7 Å². The summed E-state index contributed by atoms with van der Waals surface area (Å²) >= 11 is 6.41. The fourth-order valence-electron chi connectivity index (χ4n) is 4.56. The maximum Gasteiger partial charge on any atom is 0.248 e. The van der Waals surface area contributed by atoms with E-state index in [1.807, 2.05) is 6.92 Å². The number of rotatable bonds is 5. The van der Waals surface area contributed by atoms with Crippen LogP contribution >= 0.6 is 11.6 Å². The van der Waals surface area contributed by atoms with Crippen LogP contribution in [0.4, 0.5) is 13.2 Å². The van der Waals surface area contributed by atoms with E-state index in [1.54, 1.807) is 48.3 Å². The van der Waals surface area contributed by atoms with Crippen LogP contribution in [0.3, 0.4) is 0 Å². The van der Waals surface area contributed by atoms with E-state index in [1.165, 1.54) is 6.07 Å². The molecule has 5 aromatic rings. The van der Waals surface area contributed by atoms with Gasteiger partial charge in [-0.2, -0.15) is 5.10 Å². The summed E-state index contributed by atoms with van der Waals surface area (Å²) in [7, 11) is 0. The van der Waals surface area contributed by atoms with E-state index in [4.69, 9.17) is 16.3 Å². The maximum absolute atomic E-state index is 14.9. The van der Waals surface area contributed by atoms with Crippen LogP contribution in [0.5, 0.6) is 11.5 Å². The molecule has 3 heterocycles. The molecule has 1 atom stereocenters. The molecule has 0 spiro atoms. The highest BCUT2D eigenvalue weighted by Gasteiger charge is 2.48. The summed E-state index contributed by atoms with van der Waals surface area (Å²) in [6, 6.07) is 8.04. The third-order valence-electron chi connectivity index (χ3n) is 6.59. The minimum absolute atomic E-state index is 0.0346. The molecular formula is C25H20ClF3N6O. The fraction of sp³-hybridized carbons (Fsp3) is 0.280. The van der Waals surface area contributed by atoms with Gasteiger partial charge in [0, 0.05) is 30.7 Å². The molecule has 0 aliphatic heterocycles. The van der Waals surface area contributed by atoms with Crippen molar-refractivity contribution in [3.63, 3.8) is 0 Å². The monoisotopic (exact) mass is 512 g/mol. The van der Waals surface area contributed by atoms with Gasteiger partial charge in [-0.1, -0.05) is 11.6 Å². The molecule has 1 N–H and O–H groups in total. The Morgan fingerprint density at radius 2 is 1.94 bits per heavy atom. The number of fused-ring (bicyclic) bond motifs is 2. The summed E-state index contributed by atoms with van der Waals surface area (Å²) in [5.41, 5.74) is 2.83. The highest BCUT2D eigenvalue weighted by atomic mass is 35.5. The molecule has 0 saturated heterocycles. The first kappa shape index (κ1) is 22.8. The van der Waals surface area contributed by atoms with Gasteiger partial charge in [0.05, 0.1) is 28.8 Å². The van der Waals surface area contributed by atoms with Crippen molar-refractivity contribution < 1.29 is 17.9 Å². The van der Waals surface area contributed by atoms with E-state index in [-0.39, 0.29) is 41.2 Å². The standard InChI is InChI=1S/C25H20ClF3N6O/c1-12(14-8-25(28,29)9-14)35-11-15(10-30-35)22-24(26)34-17-4-3-16(7-19(17)33-22)36-20-6-5-18-23(21(20)27)32-13(2)31-18/h3-7,10-12,14H,8-9H2,1-2H3,(H,31,32)/t12-/m1/s1. The van der Waals surface area contributed by atoms with Crippen molar-refractivity contribution in [2.45, 2.75) is 38.7 Å². The largest absolute Gasteiger partial charge is 0.454 e. The van der Waals surface area contributed by atoms with Crippen LogP contribution in [0.15, 0.2) is 42.7 Å². The molecule has 1 fully saturated rings. The Morgan fingerprint density at radius 3 is 2.72 bits per heavy atom. The molecule has 0 unspecified atom stereocenters. The molecule has 2 aromatic carbocycles. The van der Waals surface area contributed by atoms with Crippen LogP contribution in [0.2, 0.25) is 5.15 Å². The number of halogens is 4. The maximum atomic E-state index is 14.9. The summed E-state index contributed by atoms with van der Waals surface area (Å²) in [6.07, 6.45) is 3.04. The molecule has 11 heteroatoms. The second-order valence-electron chi connectivity index (χ2n) is 9.19. The van der Waals surface area contributed by atoms with Crippen LogP contribution in [-0.4, -0.2) is 35.6 Å². The van der Waals surface area contributed by atoms with Crippen molar-refractivity contribution >= 4 is 33.7 Å². The number of aromatic amines is 1. The van der Waals surface area contributed by atoms with E-state index in [2.05, 4.69) is 25.0 Å². The lowest BCUT2D eigenvalue weighted by Crippen LogP contribution is -2.39. The Balaban J connectivity index is 1.30. The summed E-state index contributed by atoms with van der Waals surface area (Å²) in [5, 5.41) is 4.53. The lowest BCUT2D eigenvalue weighted by atomic mass is 9.77. The predicted molar refractivity (Wildman–Crippen MR) is 129 cm³/mol. The van der Waals surface area contributed by atoms with Crippen molar-refractivity contribution in [3.8, 4) is 22.8 Å². The number of hydrogen-bond acceptors (Lipinski definition) is 5. The highest BCUT2D eigenvalue weighted by Crippen LogP contribution is 2.47. The van der Waals surface area contributed by atoms with E-state index in [0.717, 1.165) is 0 Å². The number of nitrogens with one attached hydrogen (secondary N) is 1. The van der Waals surface area contributed by atoms with Crippen LogP contribution in [-0.2, 0) is 0 Å². The van der Waals surface area contributed by atoms with E-state index in [0.29, 0.717) is 39.4 Å². The zero-order valence-electron chi connectivity index (χ0n) is 19.3. The van der Waals surface area contributed by atoms with E-state index < -0.39 is 11.7 Å². The molecule has 0 amide bonds. The van der Waals surface area contributed by atoms with Gasteiger partial charge in [-0.25, -0.2) is 28.1 Å². The molecule has 3 aromatic heterocycles. The molecule has 184 valence electrons. The van der Waals surface area contributed by atoms with Gasteiger partial charge in [0.2, 0.25) is 5.92 Å². The van der Waals surface area contributed by atoms with Crippen molar-refractivity contribution in [1.29, 1.82) is 0 Å². The number of benzene rings is 2. The smallest absolute Gasteiger partial charge is 0.248 e. The molecule has 7 nitrogen and oxygen atoms in total. The molecule has 36 heavy (non-hydrogen) atoms. The zero-order valence-corrected chi connectivity index (χ0v) is 20.0. The Kier molecular flexibility index (Phi) is 5.18. The lowest BCUT2D eigenvalue weighted by molar-refractivity contribution is -0.122. The van der Waals surface area contributed by atoms with Gasteiger partial charge in [0.1, 0.15) is 22.8 Å². The van der Waals surface area contributed by atoms with Gasteiger partial charge < -0.3 is 9.72 Å². The normalized spacial score (nSPS) is 16.4. The molecule has 1 aliphatic rings. The second-order valence-corrected chi connectivity index (χ2v) is 9.54. The minimum atomic E-state index is -2.59. The number of imidazole rings is 1. The fourth-order valence-corrected chi connectivity index (χ4v) is 4.80. The average Bonchev–Trinajstić information content (AvgIpc) is 3.45. The molecule has 0 bridgehead atoms. The number of H-pyrrole nitrogens is 1. The summed E-state index contributed by atoms with van der Waals surface area (Å²) in [5.74, 6) is -2.29. The Hall–Kier alpha value is -3.66. The number of nitrogens with zero attached hydrogens (tertiary/aromatic N) is 5. The topological polar surface area (TPSA) is 81.5 Å². The highest BCUT2D eigenvalue weighted by molar-refractivity contribution is 6.32. The number of hydrogen-bond donors (Lipinski definition) is 1. The van der Waals surface area contributed by atoms with Crippen LogP contribution < -0.4 is 4.74 Å². The lowest BCUT2D eigenvalue weighted by Gasteiger charge is -2.38. The van der Waals surface area contributed by atoms with Gasteiger partial charge in [-0.3, -0.25) is 4.68 Å². The van der Waals surface area contributed by atoms with Gasteiger partial charge in [0.25, 0.3) is 0 Å². The second kappa shape index (κ2) is 8.19. The first-order valence-corrected chi connectivity index (χ1v) is 11.8. The van der Waals surface area contributed by atoms with Gasteiger partial charge >= 0.3 is 0 Å². The van der Waals surface area contributed by atoms with E-state index in [9.17, 15) is 13.2 Å². The Morgan fingerprint density at radius 1 is 1.14 bits per heavy atom. The van der Waals surface area contributed by atoms with Crippen molar-refractivity contribution in [2.75, 3.05) is 0 Å². The van der Waals surface area contributed by atoms with E-state index >= 15 is 0 Å². The Labute approximate surface area is 208 Å². The SMILES string of the molecule is Cc1nc2c(F)c(Oc3ccc4nc(Cl)c(-c5cnn([C@H](C)C6CC(F)(F)C6)c5)nc4c3)ccc2[nH]1. The summed E-state index contributed by atoms with van der Waals surface area (Å²) in [6.45, 7) is 3.62. The number of aromatic nitrogens is 6. The molecule has 1 saturated carbocycles. The molecule has 1 aliphatic carbocycles. The van der Waals surface area contributed by atoms with Gasteiger partial charge in [-0.15, -0.1) is 0 Å². The quantitative estimate of drug-likeness (QED) is 0.278. The van der Waals surface area contributed by atoms with Gasteiger partial charge in [-0.05, 0) is 44.0 Å². The average molecular weight is 513 g/mol. The van der Waals surface area contributed by atoms with Crippen molar-refractivity contribution in [1.82, 2.24) is 29.7 Å².